The molecule has 1 aromatic heterocycles. The van der Waals surface area contributed by atoms with Gasteiger partial charge in [0.15, 0.2) is 17.5 Å². The lowest BCUT2D eigenvalue weighted by Gasteiger charge is -2.25. The molecule has 0 saturated carbocycles. The number of hydrogen-bond donors (Lipinski definition) is 1. The summed E-state index contributed by atoms with van der Waals surface area (Å²) in [5.74, 6) is -0.882. The summed E-state index contributed by atoms with van der Waals surface area (Å²) >= 11 is 0. The van der Waals surface area contributed by atoms with Crippen LogP contribution in [0.25, 0.3) is 0 Å². The van der Waals surface area contributed by atoms with Crippen LogP contribution < -0.4 is 9.64 Å². The van der Waals surface area contributed by atoms with E-state index in [2.05, 4.69) is 9.97 Å². The Hall–Kier alpha value is -2.28. The van der Waals surface area contributed by atoms with Crippen LogP contribution in [0.1, 0.15) is 24.9 Å². The summed E-state index contributed by atoms with van der Waals surface area (Å²) < 4.78 is 32.0. The van der Waals surface area contributed by atoms with Gasteiger partial charge in [0.25, 0.3) is 0 Å². The summed E-state index contributed by atoms with van der Waals surface area (Å²) in [5.41, 5.74) is 0.587. The molecule has 0 spiro atoms. The fourth-order valence-corrected chi connectivity index (χ4v) is 2.80. The molecule has 2 heterocycles. The number of β-amino-alcohol motifs (C(OH)–C–C–N with tert-alkyl or cyclic N) is 1. The summed E-state index contributed by atoms with van der Waals surface area (Å²) in [6.07, 6.45) is 2.90. The van der Waals surface area contributed by atoms with E-state index in [0.29, 0.717) is 36.8 Å². The van der Waals surface area contributed by atoms with Gasteiger partial charge in [-0.15, -0.1) is 0 Å². The largest absolute Gasteiger partial charge is 0.477 e. The minimum atomic E-state index is -0.905. The topological polar surface area (TPSA) is 58.5 Å². The molecule has 0 radical (unpaired) electrons. The van der Waals surface area contributed by atoms with Crippen molar-refractivity contribution in [2.24, 2.45) is 0 Å². The molecule has 1 fully saturated rings. The average molecular weight is 321 g/mol. The summed E-state index contributed by atoms with van der Waals surface area (Å²) in [7, 11) is 0. The zero-order valence-electron chi connectivity index (χ0n) is 12.6. The Morgan fingerprint density at radius 3 is 2.87 bits per heavy atom. The van der Waals surface area contributed by atoms with Crippen molar-refractivity contribution in [3.8, 4) is 5.88 Å². The van der Waals surface area contributed by atoms with Gasteiger partial charge in [-0.1, -0.05) is 6.07 Å². The predicted octanol–water partition coefficient (Wildman–Crippen LogP) is 2.47. The number of hydrogen-bond acceptors (Lipinski definition) is 5. The second-order valence-corrected chi connectivity index (χ2v) is 5.38. The number of ether oxygens (including phenoxy) is 1. The molecule has 2 unspecified atom stereocenters. The van der Waals surface area contributed by atoms with Crippen LogP contribution >= 0.6 is 0 Å². The van der Waals surface area contributed by atoms with E-state index in [9.17, 15) is 13.9 Å². The highest BCUT2D eigenvalue weighted by atomic mass is 19.2. The van der Waals surface area contributed by atoms with Crippen molar-refractivity contribution in [1.82, 2.24) is 9.97 Å². The number of aliphatic hydroxyl groups is 1. The van der Waals surface area contributed by atoms with Gasteiger partial charge in [0.2, 0.25) is 5.88 Å². The predicted molar refractivity (Wildman–Crippen MR) is 80.3 cm³/mol. The first-order valence-corrected chi connectivity index (χ1v) is 7.43. The summed E-state index contributed by atoms with van der Waals surface area (Å²) in [6.45, 7) is 2.65. The van der Waals surface area contributed by atoms with Crippen LogP contribution in [0.4, 0.5) is 14.6 Å². The third kappa shape index (κ3) is 3.24. The monoisotopic (exact) mass is 321 g/mol. The van der Waals surface area contributed by atoms with Crippen LogP contribution in [0.2, 0.25) is 0 Å². The lowest BCUT2D eigenvalue weighted by molar-refractivity contribution is 0.194. The third-order valence-corrected chi connectivity index (χ3v) is 3.79. The highest BCUT2D eigenvalue weighted by Gasteiger charge is 2.33. The second-order valence-electron chi connectivity index (χ2n) is 5.38. The summed E-state index contributed by atoms with van der Waals surface area (Å²) in [4.78, 5) is 10.3. The van der Waals surface area contributed by atoms with Gasteiger partial charge in [0, 0.05) is 6.54 Å². The van der Waals surface area contributed by atoms with E-state index in [-0.39, 0.29) is 6.04 Å². The van der Waals surface area contributed by atoms with E-state index in [4.69, 9.17) is 4.74 Å². The smallest absolute Gasteiger partial charge is 0.234 e. The second kappa shape index (κ2) is 6.45. The molecule has 1 aromatic carbocycles. The van der Waals surface area contributed by atoms with Gasteiger partial charge < -0.3 is 14.7 Å². The fourth-order valence-electron chi connectivity index (χ4n) is 2.80. The number of anilines is 1. The van der Waals surface area contributed by atoms with Gasteiger partial charge in [-0.3, -0.25) is 4.98 Å². The van der Waals surface area contributed by atoms with Crippen molar-refractivity contribution in [3.63, 3.8) is 0 Å². The lowest BCUT2D eigenvalue weighted by Crippen LogP contribution is -2.25. The molecule has 0 bridgehead atoms. The van der Waals surface area contributed by atoms with E-state index < -0.39 is 17.7 Å². The Morgan fingerprint density at radius 2 is 2.13 bits per heavy atom. The Labute approximate surface area is 132 Å². The molecule has 1 aliphatic rings. The highest BCUT2D eigenvalue weighted by molar-refractivity contribution is 5.44. The molecule has 23 heavy (non-hydrogen) atoms. The van der Waals surface area contributed by atoms with Gasteiger partial charge in [0.05, 0.1) is 31.1 Å². The first kappa shape index (κ1) is 15.6. The Bertz CT molecular complexity index is 699. The molecule has 7 heteroatoms. The van der Waals surface area contributed by atoms with Gasteiger partial charge in [-0.25, -0.2) is 8.78 Å². The molecular weight excluding hydrogens is 304 g/mol. The van der Waals surface area contributed by atoms with Crippen LogP contribution in [0.5, 0.6) is 5.88 Å². The first-order chi connectivity index (χ1) is 11.1. The number of aromatic nitrogens is 2. The van der Waals surface area contributed by atoms with Crippen LogP contribution in [-0.2, 0) is 0 Å². The van der Waals surface area contributed by atoms with E-state index >= 15 is 0 Å². The number of nitrogens with zero attached hydrogens (tertiary/aromatic N) is 3. The van der Waals surface area contributed by atoms with Gasteiger partial charge in [0.1, 0.15) is 0 Å². The molecule has 3 rings (SSSR count). The van der Waals surface area contributed by atoms with Crippen molar-refractivity contribution in [1.29, 1.82) is 0 Å². The molecule has 1 saturated heterocycles. The van der Waals surface area contributed by atoms with Crippen LogP contribution in [0.15, 0.2) is 30.6 Å². The molecule has 5 nitrogen and oxygen atoms in total. The van der Waals surface area contributed by atoms with Crippen molar-refractivity contribution < 1.29 is 18.6 Å². The normalized spacial score (nSPS) is 20.8. The van der Waals surface area contributed by atoms with E-state index in [0.717, 1.165) is 12.1 Å². The number of rotatable bonds is 4. The molecule has 2 aromatic rings. The van der Waals surface area contributed by atoms with Crippen molar-refractivity contribution in [3.05, 3.63) is 47.8 Å². The Morgan fingerprint density at radius 1 is 1.30 bits per heavy atom. The van der Waals surface area contributed by atoms with E-state index in [1.54, 1.807) is 6.20 Å². The minimum Gasteiger partial charge on any atom is -0.477 e. The number of halogens is 2. The molecule has 122 valence electrons. The Balaban J connectivity index is 1.93. The Kier molecular flexibility index (Phi) is 4.38. The maximum absolute atomic E-state index is 13.5. The lowest BCUT2D eigenvalue weighted by atomic mass is 10.0. The van der Waals surface area contributed by atoms with Gasteiger partial charge in [-0.05, 0) is 31.0 Å². The molecule has 1 N–H and O–H groups in total. The molecule has 0 aliphatic carbocycles. The molecule has 0 amide bonds. The van der Waals surface area contributed by atoms with E-state index in [1.165, 1.54) is 12.3 Å². The number of benzene rings is 1. The molecular formula is C16H17F2N3O2. The zero-order valence-corrected chi connectivity index (χ0v) is 12.6. The fraction of sp³-hybridized carbons (Fsp3) is 0.375. The average Bonchev–Trinajstić information content (AvgIpc) is 2.93. The highest BCUT2D eigenvalue weighted by Crippen LogP contribution is 2.36. The van der Waals surface area contributed by atoms with Crippen LogP contribution in [0, 0.1) is 11.6 Å². The van der Waals surface area contributed by atoms with Crippen LogP contribution in [0.3, 0.4) is 0 Å². The van der Waals surface area contributed by atoms with Crippen molar-refractivity contribution in [2.75, 3.05) is 18.1 Å². The minimum absolute atomic E-state index is 0.300. The molecule has 2 atom stereocenters. The summed E-state index contributed by atoms with van der Waals surface area (Å²) in [5, 5.41) is 10.0. The van der Waals surface area contributed by atoms with Gasteiger partial charge >= 0.3 is 0 Å². The zero-order chi connectivity index (χ0) is 16.4. The van der Waals surface area contributed by atoms with E-state index in [1.807, 2.05) is 11.8 Å². The quantitative estimate of drug-likeness (QED) is 0.937. The first-order valence-electron chi connectivity index (χ1n) is 7.43. The van der Waals surface area contributed by atoms with Gasteiger partial charge in [-0.2, -0.15) is 4.98 Å². The standard InChI is InChI=1S/C16H17F2N3O2/c1-2-23-16-8-19-7-15(20-16)21-9-11(22)6-14(21)10-3-4-12(17)13(18)5-10/h3-5,7-8,11,14,22H,2,6,9H2,1H3. The maximum Gasteiger partial charge on any atom is 0.234 e. The molecule has 1 aliphatic heterocycles. The third-order valence-electron chi connectivity index (χ3n) is 3.79. The van der Waals surface area contributed by atoms with Crippen molar-refractivity contribution in [2.45, 2.75) is 25.5 Å². The number of aliphatic hydroxyl groups excluding tert-OH is 1. The van der Waals surface area contributed by atoms with Crippen molar-refractivity contribution >= 4 is 5.82 Å². The SMILES string of the molecule is CCOc1cncc(N2CC(O)CC2c2ccc(F)c(F)c2)n1. The van der Waals surface area contributed by atoms with Crippen LogP contribution in [-0.4, -0.2) is 34.3 Å². The summed E-state index contributed by atoms with van der Waals surface area (Å²) in [6, 6.07) is 3.47. The maximum atomic E-state index is 13.5.